The molecule has 2 aromatic carbocycles. The van der Waals surface area contributed by atoms with Crippen LogP contribution in [-0.2, 0) is 4.74 Å². The smallest absolute Gasteiger partial charge is 0.301 e. The van der Waals surface area contributed by atoms with Crippen molar-refractivity contribution >= 4 is 34.9 Å². The Hall–Kier alpha value is -4.08. The molecule has 0 radical (unpaired) electrons. The lowest BCUT2D eigenvalue weighted by atomic mass is 10.2. The van der Waals surface area contributed by atoms with Gasteiger partial charge in [0.05, 0.1) is 15.9 Å². The number of rotatable bonds is 5. The average molecular weight is 367 g/mol. The van der Waals surface area contributed by atoms with Crippen LogP contribution < -0.4 is 5.43 Å². The Morgan fingerprint density at radius 1 is 1.11 bits per heavy atom. The second-order valence-electron chi connectivity index (χ2n) is 5.42. The molecule has 1 aliphatic heterocycles. The third-order valence-corrected chi connectivity index (χ3v) is 3.51. The van der Waals surface area contributed by atoms with Crippen molar-refractivity contribution in [2.75, 3.05) is 5.43 Å². The lowest BCUT2D eigenvalue weighted by Gasteiger charge is -2.04. The number of benzene rings is 2. The second kappa shape index (κ2) is 7.44. The van der Waals surface area contributed by atoms with Gasteiger partial charge >= 0.3 is 5.69 Å². The molecule has 0 unspecified atom stereocenters. The third kappa shape index (κ3) is 4.12. The molecule has 2 aromatic rings. The van der Waals surface area contributed by atoms with Gasteiger partial charge in [-0.25, -0.2) is 4.99 Å². The number of aliphatic imine (C=N–C) groups is 1. The van der Waals surface area contributed by atoms with E-state index >= 15 is 0 Å². The van der Waals surface area contributed by atoms with Crippen LogP contribution in [0.4, 0.5) is 17.1 Å². The molecule has 1 heterocycles. The minimum atomic E-state index is -0.729. The molecule has 0 atom stereocenters. The van der Waals surface area contributed by atoms with E-state index in [9.17, 15) is 20.2 Å². The molecule has 0 aromatic heterocycles. The van der Waals surface area contributed by atoms with Gasteiger partial charge in [0.15, 0.2) is 5.90 Å². The zero-order valence-corrected chi connectivity index (χ0v) is 14.0. The van der Waals surface area contributed by atoms with E-state index in [0.29, 0.717) is 11.6 Å². The van der Waals surface area contributed by atoms with Crippen LogP contribution in [0.25, 0.3) is 6.08 Å². The van der Waals surface area contributed by atoms with Crippen molar-refractivity contribution in [1.29, 1.82) is 0 Å². The zero-order valence-electron chi connectivity index (χ0n) is 14.0. The third-order valence-electron chi connectivity index (χ3n) is 3.51. The number of nitrogens with zero attached hydrogens (tertiary/aromatic N) is 4. The van der Waals surface area contributed by atoms with Crippen molar-refractivity contribution in [3.8, 4) is 0 Å². The first kappa shape index (κ1) is 17.7. The Labute approximate surface area is 152 Å². The van der Waals surface area contributed by atoms with Crippen LogP contribution in [0.15, 0.2) is 64.3 Å². The number of anilines is 1. The molecule has 0 saturated carbocycles. The highest BCUT2D eigenvalue weighted by Crippen LogP contribution is 2.29. The number of hydrogen-bond donors (Lipinski definition) is 1. The van der Waals surface area contributed by atoms with Gasteiger partial charge in [-0.2, -0.15) is 0 Å². The van der Waals surface area contributed by atoms with E-state index in [0.717, 1.165) is 17.7 Å². The maximum absolute atomic E-state index is 11.2. The molecule has 3 rings (SSSR count). The Morgan fingerprint density at radius 2 is 1.85 bits per heavy atom. The summed E-state index contributed by atoms with van der Waals surface area (Å²) in [5.74, 6) is 0.500. The fraction of sp³-hybridized carbons (Fsp3) is 0.0588. The fourth-order valence-electron chi connectivity index (χ4n) is 2.30. The van der Waals surface area contributed by atoms with Crippen LogP contribution in [0.5, 0.6) is 0 Å². The first-order valence-corrected chi connectivity index (χ1v) is 7.71. The maximum Gasteiger partial charge on any atom is 0.301 e. The molecule has 0 fully saturated rings. The van der Waals surface area contributed by atoms with Crippen molar-refractivity contribution < 1.29 is 14.6 Å². The van der Waals surface area contributed by atoms with E-state index in [2.05, 4.69) is 15.5 Å². The minimum absolute atomic E-state index is 0.00897. The molecule has 10 nitrogen and oxygen atoms in total. The van der Waals surface area contributed by atoms with Crippen molar-refractivity contribution in [2.45, 2.75) is 6.92 Å². The number of nitrogens with one attached hydrogen (secondary N) is 1. The van der Waals surface area contributed by atoms with Crippen molar-refractivity contribution in [3.63, 3.8) is 0 Å². The van der Waals surface area contributed by atoms with Crippen molar-refractivity contribution in [3.05, 3.63) is 80.0 Å². The van der Waals surface area contributed by atoms with E-state index in [1.165, 1.54) is 6.07 Å². The van der Waals surface area contributed by atoms with Gasteiger partial charge in [0.2, 0.25) is 0 Å². The van der Waals surface area contributed by atoms with Crippen LogP contribution in [-0.4, -0.2) is 21.6 Å². The molecule has 1 N–H and O–H groups in total. The van der Waals surface area contributed by atoms with Crippen molar-refractivity contribution in [2.24, 2.45) is 10.1 Å². The maximum atomic E-state index is 11.2. The Morgan fingerprint density at radius 3 is 2.52 bits per heavy atom. The summed E-state index contributed by atoms with van der Waals surface area (Å²) in [6, 6.07) is 12.6. The van der Waals surface area contributed by atoms with Gasteiger partial charge in [-0.05, 0) is 17.7 Å². The minimum Gasteiger partial charge on any atom is -0.421 e. The summed E-state index contributed by atoms with van der Waals surface area (Å²) in [7, 11) is 0. The highest BCUT2D eigenvalue weighted by Gasteiger charge is 2.21. The van der Waals surface area contributed by atoms with Crippen LogP contribution in [0.3, 0.4) is 0 Å². The highest BCUT2D eigenvalue weighted by molar-refractivity contribution is 6.09. The Kier molecular flexibility index (Phi) is 4.88. The van der Waals surface area contributed by atoms with E-state index in [1.54, 1.807) is 13.0 Å². The predicted octanol–water partition coefficient (Wildman–Crippen LogP) is 3.72. The summed E-state index contributed by atoms with van der Waals surface area (Å²) >= 11 is 0. The summed E-state index contributed by atoms with van der Waals surface area (Å²) in [4.78, 5) is 24.8. The zero-order chi connectivity index (χ0) is 19.4. The molecule has 10 heteroatoms. The fourth-order valence-corrected chi connectivity index (χ4v) is 2.30. The van der Waals surface area contributed by atoms with E-state index in [1.807, 2.05) is 30.3 Å². The molecule has 1 aliphatic rings. The summed E-state index contributed by atoms with van der Waals surface area (Å²) in [5, 5.41) is 26.0. The van der Waals surface area contributed by atoms with Gasteiger partial charge in [0.25, 0.3) is 11.6 Å². The second-order valence-corrected chi connectivity index (χ2v) is 5.42. The SMILES string of the molecule is CC1=NC(=C/c2ccccc2)/C(=N/Nc2ccc([N+](=O)[O-])cc2[N+](=O)[O-])O1. The lowest BCUT2D eigenvalue weighted by molar-refractivity contribution is -0.393. The number of hydrogen-bond acceptors (Lipinski definition) is 8. The molecule has 0 aliphatic carbocycles. The number of nitro benzene ring substituents is 2. The van der Waals surface area contributed by atoms with E-state index < -0.39 is 15.5 Å². The molecule has 0 spiro atoms. The molecular formula is C17H13N5O5. The lowest BCUT2D eigenvalue weighted by Crippen LogP contribution is -2.06. The summed E-state index contributed by atoms with van der Waals surface area (Å²) in [5.41, 5.74) is 2.97. The van der Waals surface area contributed by atoms with Gasteiger partial charge in [-0.3, -0.25) is 25.7 Å². The van der Waals surface area contributed by atoms with Gasteiger partial charge in [0.1, 0.15) is 11.4 Å². The van der Waals surface area contributed by atoms with Crippen LogP contribution >= 0.6 is 0 Å². The van der Waals surface area contributed by atoms with E-state index in [-0.39, 0.29) is 17.3 Å². The quantitative estimate of drug-likeness (QED) is 0.632. The largest absolute Gasteiger partial charge is 0.421 e. The standard InChI is InChI=1S/C17H13N5O5/c1-11-18-15(9-12-5-3-2-4-6-12)17(27-11)20-19-14-8-7-13(21(23)24)10-16(14)22(25)26/h2-10,19H,1H3/b15-9+,20-17-. The number of hydrazone groups is 1. The monoisotopic (exact) mass is 367 g/mol. The topological polar surface area (TPSA) is 132 Å². The van der Waals surface area contributed by atoms with Gasteiger partial charge in [-0.15, -0.1) is 5.10 Å². The molecule has 27 heavy (non-hydrogen) atoms. The molecule has 0 amide bonds. The summed E-state index contributed by atoms with van der Waals surface area (Å²) in [6.45, 7) is 1.65. The Bertz CT molecular complexity index is 998. The van der Waals surface area contributed by atoms with Crippen LogP contribution in [0, 0.1) is 20.2 Å². The highest BCUT2D eigenvalue weighted by atomic mass is 16.6. The first-order valence-electron chi connectivity index (χ1n) is 7.71. The average Bonchev–Trinajstić information content (AvgIpc) is 2.99. The molecule has 0 saturated heterocycles. The molecule has 136 valence electrons. The summed E-state index contributed by atoms with van der Waals surface area (Å²) < 4.78 is 5.42. The van der Waals surface area contributed by atoms with Crippen LogP contribution in [0.2, 0.25) is 0 Å². The van der Waals surface area contributed by atoms with Crippen LogP contribution in [0.1, 0.15) is 12.5 Å². The van der Waals surface area contributed by atoms with Gasteiger partial charge in [-0.1, -0.05) is 30.3 Å². The summed E-state index contributed by atoms with van der Waals surface area (Å²) in [6.07, 6.45) is 1.75. The van der Waals surface area contributed by atoms with E-state index in [4.69, 9.17) is 4.74 Å². The number of ether oxygens (including phenoxy) is 1. The Balaban J connectivity index is 1.90. The first-order chi connectivity index (χ1) is 12.9. The van der Waals surface area contributed by atoms with Gasteiger partial charge < -0.3 is 4.74 Å². The van der Waals surface area contributed by atoms with Crippen molar-refractivity contribution in [1.82, 2.24) is 0 Å². The normalized spacial score (nSPS) is 16.1. The number of nitro groups is 2. The molecule has 0 bridgehead atoms. The molecular weight excluding hydrogens is 354 g/mol. The predicted molar refractivity (Wildman–Crippen MR) is 99.4 cm³/mol. The number of non-ortho nitro benzene ring substituents is 1. The van der Waals surface area contributed by atoms with Gasteiger partial charge in [0, 0.05) is 13.0 Å².